The normalized spacial score (nSPS) is 18.9. The lowest BCUT2D eigenvalue weighted by Crippen LogP contribution is -2.29. The van der Waals surface area contributed by atoms with Crippen LogP contribution in [0.3, 0.4) is 0 Å². The molecular formula is C16H24N2O2. The first-order valence-corrected chi connectivity index (χ1v) is 7.27. The molecule has 1 fully saturated rings. The van der Waals surface area contributed by atoms with Gasteiger partial charge in [0.15, 0.2) is 6.10 Å². The lowest BCUT2D eigenvalue weighted by molar-refractivity contribution is -0.132. The van der Waals surface area contributed by atoms with Crippen LogP contribution in [0.4, 0.5) is 0 Å². The van der Waals surface area contributed by atoms with E-state index in [0.717, 1.165) is 31.8 Å². The molecule has 1 atom stereocenters. The third-order valence-corrected chi connectivity index (χ3v) is 3.46. The molecule has 0 spiro atoms. The topological polar surface area (TPSA) is 41.6 Å². The Bertz CT molecular complexity index is 442. The van der Waals surface area contributed by atoms with Crippen LogP contribution in [0.5, 0.6) is 5.75 Å². The Balaban J connectivity index is 1.84. The minimum Gasteiger partial charge on any atom is -0.481 e. The molecule has 4 heteroatoms. The number of carbonyl (C=O) groups excluding carboxylic acids is 1. The number of likely N-dealkylation sites (tertiary alicyclic amines) is 1. The van der Waals surface area contributed by atoms with Gasteiger partial charge in [0.25, 0.3) is 5.91 Å². The quantitative estimate of drug-likeness (QED) is 0.864. The second-order valence-electron chi connectivity index (χ2n) is 5.82. The zero-order valence-corrected chi connectivity index (χ0v) is 12.6. The molecule has 4 nitrogen and oxygen atoms in total. The van der Waals surface area contributed by atoms with Crippen molar-refractivity contribution in [3.05, 3.63) is 29.8 Å². The van der Waals surface area contributed by atoms with E-state index in [4.69, 9.17) is 4.74 Å². The van der Waals surface area contributed by atoms with Crippen molar-refractivity contribution in [2.75, 3.05) is 20.1 Å². The van der Waals surface area contributed by atoms with Crippen molar-refractivity contribution >= 4 is 5.91 Å². The van der Waals surface area contributed by atoms with Gasteiger partial charge < -0.3 is 15.0 Å². The second kappa shape index (κ2) is 6.75. The molecule has 1 amide bonds. The highest BCUT2D eigenvalue weighted by molar-refractivity contribution is 5.83. The van der Waals surface area contributed by atoms with Gasteiger partial charge in [0, 0.05) is 26.6 Å². The predicted molar refractivity (Wildman–Crippen MR) is 79.7 cm³/mol. The van der Waals surface area contributed by atoms with Crippen LogP contribution in [0.25, 0.3) is 0 Å². The highest BCUT2D eigenvalue weighted by Gasteiger charge is 2.30. The summed E-state index contributed by atoms with van der Waals surface area (Å²) in [5.74, 6) is 1.50. The fourth-order valence-corrected chi connectivity index (χ4v) is 2.26. The van der Waals surface area contributed by atoms with Crippen molar-refractivity contribution in [3.8, 4) is 5.75 Å². The highest BCUT2D eigenvalue weighted by atomic mass is 16.5. The van der Waals surface area contributed by atoms with Crippen LogP contribution in [0.1, 0.15) is 25.8 Å². The standard InChI is InChI=1S/C16H24N2O2/c1-12(2)10-17-11-13-4-6-14(7-5-13)20-15-8-9-18(3)16(15)19/h4-7,12,15,17H,8-11H2,1-3H3. The van der Waals surface area contributed by atoms with Crippen molar-refractivity contribution in [1.29, 1.82) is 0 Å². The number of rotatable bonds is 6. The van der Waals surface area contributed by atoms with Crippen molar-refractivity contribution in [1.82, 2.24) is 10.2 Å². The van der Waals surface area contributed by atoms with Crippen molar-refractivity contribution in [3.63, 3.8) is 0 Å². The fourth-order valence-electron chi connectivity index (χ4n) is 2.26. The Morgan fingerprint density at radius 2 is 2.05 bits per heavy atom. The molecule has 2 rings (SSSR count). The molecule has 0 bridgehead atoms. The van der Waals surface area contributed by atoms with E-state index in [0.29, 0.717) is 5.92 Å². The van der Waals surface area contributed by atoms with Crippen molar-refractivity contribution < 1.29 is 9.53 Å². The molecular weight excluding hydrogens is 252 g/mol. The maximum absolute atomic E-state index is 11.8. The third kappa shape index (κ3) is 3.97. The maximum atomic E-state index is 11.8. The molecule has 1 aliphatic heterocycles. The van der Waals surface area contributed by atoms with Gasteiger partial charge in [-0.25, -0.2) is 0 Å². The van der Waals surface area contributed by atoms with Crippen LogP contribution in [0.2, 0.25) is 0 Å². The molecule has 0 saturated carbocycles. The molecule has 1 saturated heterocycles. The maximum Gasteiger partial charge on any atom is 0.263 e. The monoisotopic (exact) mass is 276 g/mol. The van der Waals surface area contributed by atoms with Gasteiger partial charge in [-0.2, -0.15) is 0 Å². The molecule has 0 radical (unpaired) electrons. The molecule has 1 unspecified atom stereocenters. The van der Waals surface area contributed by atoms with E-state index in [2.05, 4.69) is 19.2 Å². The van der Waals surface area contributed by atoms with E-state index in [9.17, 15) is 4.79 Å². The molecule has 1 aliphatic rings. The van der Waals surface area contributed by atoms with Crippen LogP contribution in [-0.2, 0) is 11.3 Å². The van der Waals surface area contributed by atoms with Crippen LogP contribution in [0, 0.1) is 5.92 Å². The van der Waals surface area contributed by atoms with Gasteiger partial charge in [-0.1, -0.05) is 26.0 Å². The summed E-state index contributed by atoms with van der Waals surface area (Å²) in [5, 5.41) is 3.40. The largest absolute Gasteiger partial charge is 0.481 e. The average molecular weight is 276 g/mol. The summed E-state index contributed by atoms with van der Waals surface area (Å²) in [6, 6.07) is 7.98. The summed E-state index contributed by atoms with van der Waals surface area (Å²) in [5.41, 5.74) is 1.23. The van der Waals surface area contributed by atoms with Gasteiger partial charge in [-0.15, -0.1) is 0 Å². The first-order valence-electron chi connectivity index (χ1n) is 7.27. The second-order valence-corrected chi connectivity index (χ2v) is 5.82. The van der Waals surface area contributed by atoms with E-state index < -0.39 is 0 Å². The first-order chi connectivity index (χ1) is 9.56. The minimum atomic E-state index is -0.315. The Morgan fingerprint density at radius 1 is 1.35 bits per heavy atom. The fraction of sp³-hybridized carbons (Fsp3) is 0.562. The van der Waals surface area contributed by atoms with Gasteiger partial charge in [0.2, 0.25) is 0 Å². The summed E-state index contributed by atoms with van der Waals surface area (Å²) in [7, 11) is 1.81. The number of amides is 1. The molecule has 0 aromatic heterocycles. The lowest BCUT2D eigenvalue weighted by atomic mass is 10.2. The van der Waals surface area contributed by atoms with Crippen molar-refractivity contribution in [2.45, 2.75) is 32.9 Å². The van der Waals surface area contributed by atoms with Crippen LogP contribution < -0.4 is 10.1 Å². The van der Waals surface area contributed by atoms with Gasteiger partial charge in [0.1, 0.15) is 5.75 Å². The Hall–Kier alpha value is -1.55. The summed E-state index contributed by atoms with van der Waals surface area (Å²) < 4.78 is 5.74. The summed E-state index contributed by atoms with van der Waals surface area (Å²) >= 11 is 0. The highest BCUT2D eigenvalue weighted by Crippen LogP contribution is 2.19. The lowest BCUT2D eigenvalue weighted by Gasteiger charge is -2.13. The molecule has 20 heavy (non-hydrogen) atoms. The average Bonchev–Trinajstić information content (AvgIpc) is 2.72. The third-order valence-electron chi connectivity index (χ3n) is 3.46. The number of hydrogen-bond acceptors (Lipinski definition) is 3. The summed E-state index contributed by atoms with van der Waals surface area (Å²) in [4.78, 5) is 13.5. The van der Waals surface area contributed by atoms with Crippen LogP contribution >= 0.6 is 0 Å². The number of hydrogen-bond donors (Lipinski definition) is 1. The number of ether oxygens (including phenoxy) is 1. The van der Waals surface area contributed by atoms with E-state index in [1.807, 2.05) is 31.3 Å². The Labute approximate surface area is 121 Å². The number of carbonyl (C=O) groups is 1. The van der Waals surface area contributed by atoms with E-state index >= 15 is 0 Å². The van der Waals surface area contributed by atoms with Gasteiger partial charge in [-0.05, 0) is 30.2 Å². The molecule has 1 aromatic carbocycles. The zero-order valence-electron chi connectivity index (χ0n) is 12.6. The molecule has 1 N–H and O–H groups in total. The number of nitrogens with zero attached hydrogens (tertiary/aromatic N) is 1. The van der Waals surface area contributed by atoms with E-state index in [-0.39, 0.29) is 12.0 Å². The molecule has 0 aliphatic carbocycles. The van der Waals surface area contributed by atoms with Crippen molar-refractivity contribution in [2.24, 2.45) is 5.92 Å². The van der Waals surface area contributed by atoms with E-state index in [1.165, 1.54) is 5.56 Å². The van der Waals surface area contributed by atoms with E-state index in [1.54, 1.807) is 4.90 Å². The SMILES string of the molecule is CC(C)CNCc1ccc(OC2CCN(C)C2=O)cc1. The number of benzene rings is 1. The van der Waals surface area contributed by atoms with Crippen LogP contribution in [0.15, 0.2) is 24.3 Å². The Kier molecular flexibility index (Phi) is 5.01. The van der Waals surface area contributed by atoms with Crippen LogP contribution in [-0.4, -0.2) is 37.0 Å². The predicted octanol–water partition coefficient (Wildman–Crippen LogP) is 2.04. The number of likely N-dealkylation sites (N-methyl/N-ethyl adjacent to an activating group) is 1. The minimum absolute atomic E-state index is 0.0766. The smallest absolute Gasteiger partial charge is 0.263 e. The Morgan fingerprint density at radius 3 is 2.60 bits per heavy atom. The van der Waals surface area contributed by atoms with Gasteiger partial charge in [-0.3, -0.25) is 4.79 Å². The zero-order chi connectivity index (χ0) is 14.5. The first kappa shape index (κ1) is 14.9. The molecule has 1 aromatic rings. The number of nitrogens with one attached hydrogen (secondary N) is 1. The van der Waals surface area contributed by atoms with Gasteiger partial charge >= 0.3 is 0 Å². The van der Waals surface area contributed by atoms with Gasteiger partial charge in [0.05, 0.1) is 0 Å². The molecule has 1 heterocycles. The summed E-state index contributed by atoms with van der Waals surface area (Å²) in [6.07, 6.45) is 0.456. The molecule has 110 valence electrons. The summed E-state index contributed by atoms with van der Waals surface area (Å²) in [6.45, 7) is 7.05.